The molecule has 1 unspecified atom stereocenters. The van der Waals surface area contributed by atoms with Gasteiger partial charge in [0.05, 0.1) is 29.9 Å². The molecule has 6 nitrogen and oxygen atoms in total. The van der Waals surface area contributed by atoms with Gasteiger partial charge in [0.25, 0.3) is 0 Å². The molecule has 1 aromatic carbocycles. The summed E-state index contributed by atoms with van der Waals surface area (Å²) >= 11 is 1.45. The van der Waals surface area contributed by atoms with Crippen molar-refractivity contribution in [1.29, 1.82) is 0 Å². The van der Waals surface area contributed by atoms with Crippen molar-refractivity contribution in [2.45, 2.75) is 26.3 Å². The van der Waals surface area contributed by atoms with Gasteiger partial charge in [-0.3, -0.25) is 9.69 Å². The lowest BCUT2D eigenvalue weighted by atomic mass is 10.0. The first-order chi connectivity index (χ1) is 12.0. The number of thiazole rings is 1. The van der Waals surface area contributed by atoms with Crippen LogP contribution in [0.3, 0.4) is 0 Å². The molecule has 1 aromatic heterocycles. The van der Waals surface area contributed by atoms with Crippen molar-refractivity contribution < 1.29 is 9.53 Å². The standard InChI is InChI=1S/C18H26N4O2S/c1-12(2)15(22-5-7-24-8-6-22)11-20-17(23)10-13-3-4-14-16(9-13)25-18(19)21-14/h3-4,9,12,15H,5-8,10-11H2,1-2H3,(H2,19,21)(H,20,23). The van der Waals surface area contributed by atoms with Gasteiger partial charge in [-0.25, -0.2) is 4.98 Å². The van der Waals surface area contributed by atoms with Crippen molar-refractivity contribution in [2.75, 3.05) is 38.6 Å². The summed E-state index contributed by atoms with van der Waals surface area (Å²) in [5.41, 5.74) is 7.61. The normalized spacial score (nSPS) is 17.1. The second-order valence-electron chi connectivity index (χ2n) is 6.79. The summed E-state index contributed by atoms with van der Waals surface area (Å²) < 4.78 is 6.45. The smallest absolute Gasteiger partial charge is 0.224 e. The average molecular weight is 362 g/mol. The van der Waals surface area contributed by atoms with E-state index in [0.717, 1.165) is 42.1 Å². The van der Waals surface area contributed by atoms with Gasteiger partial charge in [-0.1, -0.05) is 31.3 Å². The summed E-state index contributed by atoms with van der Waals surface area (Å²) in [6.45, 7) is 8.49. The molecule has 7 heteroatoms. The van der Waals surface area contributed by atoms with Crippen LogP contribution < -0.4 is 11.1 Å². The molecular weight excluding hydrogens is 336 g/mol. The lowest BCUT2D eigenvalue weighted by molar-refractivity contribution is -0.120. The highest BCUT2D eigenvalue weighted by molar-refractivity contribution is 7.22. The van der Waals surface area contributed by atoms with Gasteiger partial charge in [-0.2, -0.15) is 0 Å². The van der Waals surface area contributed by atoms with Crippen molar-refractivity contribution in [3.8, 4) is 0 Å². The van der Waals surface area contributed by atoms with Gasteiger partial charge in [0.2, 0.25) is 5.91 Å². The van der Waals surface area contributed by atoms with Crippen molar-refractivity contribution in [3.63, 3.8) is 0 Å². The van der Waals surface area contributed by atoms with E-state index in [9.17, 15) is 4.79 Å². The van der Waals surface area contributed by atoms with Gasteiger partial charge in [0.1, 0.15) is 0 Å². The fraction of sp³-hybridized carbons (Fsp3) is 0.556. The summed E-state index contributed by atoms with van der Waals surface area (Å²) in [4.78, 5) is 19.0. The Morgan fingerprint density at radius 2 is 2.16 bits per heavy atom. The number of nitrogens with one attached hydrogen (secondary N) is 1. The zero-order chi connectivity index (χ0) is 17.8. The van der Waals surface area contributed by atoms with E-state index in [1.165, 1.54) is 11.3 Å². The zero-order valence-corrected chi connectivity index (χ0v) is 15.6. The minimum atomic E-state index is 0.0516. The number of nitrogens with zero attached hydrogens (tertiary/aromatic N) is 2. The van der Waals surface area contributed by atoms with Crippen LogP contribution in [0.25, 0.3) is 10.2 Å². The summed E-state index contributed by atoms with van der Waals surface area (Å²) in [5.74, 6) is 0.533. The number of nitrogen functional groups attached to an aromatic ring is 1. The molecule has 1 amide bonds. The Morgan fingerprint density at radius 1 is 1.40 bits per heavy atom. The molecule has 0 aliphatic carbocycles. The highest BCUT2D eigenvalue weighted by Gasteiger charge is 2.24. The number of benzene rings is 1. The first-order valence-electron chi connectivity index (χ1n) is 8.76. The van der Waals surface area contributed by atoms with E-state index in [-0.39, 0.29) is 5.91 Å². The van der Waals surface area contributed by atoms with Gasteiger partial charge < -0.3 is 15.8 Å². The Kier molecular flexibility index (Phi) is 5.88. The molecule has 1 saturated heterocycles. The van der Waals surface area contributed by atoms with Crippen LogP contribution in [0, 0.1) is 5.92 Å². The summed E-state index contributed by atoms with van der Waals surface area (Å²) in [5, 5.41) is 3.66. The fourth-order valence-corrected chi connectivity index (χ4v) is 4.06. The first-order valence-corrected chi connectivity index (χ1v) is 9.58. The lowest BCUT2D eigenvalue weighted by Crippen LogP contribution is -2.51. The Bertz CT molecular complexity index is 725. The van der Waals surface area contributed by atoms with Gasteiger partial charge in [-0.15, -0.1) is 0 Å². The van der Waals surface area contributed by atoms with Gasteiger partial charge in [-0.05, 0) is 23.6 Å². The quantitative estimate of drug-likeness (QED) is 0.820. The zero-order valence-electron chi connectivity index (χ0n) is 14.8. The minimum absolute atomic E-state index is 0.0516. The number of anilines is 1. The number of aromatic nitrogens is 1. The van der Waals surface area contributed by atoms with E-state index in [1.54, 1.807) is 0 Å². The topological polar surface area (TPSA) is 80.5 Å². The number of fused-ring (bicyclic) bond motifs is 1. The number of carbonyl (C=O) groups is 1. The Balaban J connectivity index is 1.56. The third-order valence-corrected chi connectivity index (χ3v) is 5.47. The maximum Gasteiger partial charge on any atom is 0.224 e. The third-order valence-electron chi connectivity index (χ3n) is 4.63. The molecule has 2 aromatic rings. The molecule has 1 fully saturated rings. The minimum Gasteiger partial charge on any atom is -0.379 e. The maximum absolute atomic E-state index is 12.4. The second kappa shape index (κ2) is 8.12. The van der Waals surface area contributed by atoms with Crippen LogP contribution in [0.5, 0.6) is 0 Å². The molecule has 0 radical (unpaired) electrons. The Hall–Kier alpha value is -1.70. The van der Waals surface area contributed by atoms with Crippen LogP contribution in [-0.4, -0.2) is 54.7 Å². The number of rotatable bonds is 6. The Labute approximate surface area is 152 Å². The SMILES string of the molecule is CC(C)C(CNC(=O)Cc1ccc2nc(N)sc2c1)N1CCOCC1. The molecule has 3 rings (SSSR count). The summed E-state index contributed by atoms with van der Waals surface area (Å²) in [6.07, 6.45) is 0.377. The van der Waals surface area contributed by atoms with E-state index in [1.807, 2.05) is 18.2 Å². The van der Waals surface area contributed by atoms with Crippen LogP contribution >= 0.6 is 11.3 Å². The summed E-state index contributed by atoms with van der Waals surface area (Å²) in [6, 6.07) is 6.22. The number of morpholine rings is 1. The fourth-order valence-electron chi connectivity index (χ4n) is 3.26. The maximum atomic E-state index is 12.4. The van der Waals surface area contributed by atoms with Crippen LogP contribution in [-0.2, 0) is 16.0 Å². The van der Waals surface area contributed by atoms with Crippen LogP contribution in [0.1, 0.15) is 19.4 Å². The number of amides is 1. The first kappa shape index (κ1) is 18.1. The van der Waals surface area contributed by atoms with Crippen LogP contribution in [0.15, 0.2) is 18.2 Å². The number of hydrogen-bond acceptors (Lipinski definition) is 6. The molecule has 0 bridgehead atoms. The summed E-state index contributed by atoms with van der Waals surface area (Å²) in [7, 11) is 0. The van der Waals surface area contributed by atoms with Crippen molar-refractivity contribution >= 4 is 32.6 Å². The van der Waals surface area contributed by atoms with Crippen molar-refractivity contribution in [3.05, 3.63) is 23.8 Å². The van der Waals surface area contributed by atoms with Crippen LogP contribution in [0.4, 0.5) is 5.13 Å². The van der Waals surface area contributed by atoms with Crippen LogP contribution in [0.2, 0.25) is 0 Å². The molecule has 25 heavy (non-hydrogen) atoms. The molecule has 1 aliphatic heterocycles. The predicted molar refractivity (Wildman–Crippen MR) is 102 cm³/mol. The molecule has 0 spiro atoms. The largest absolute Gasteiger partial charge is 0.379 e. The molecule has 1 aliphatic rings. The molecule has 0 saturated carbocycles. The van der Waals surface area contributed by atoms with Gasteiger partial charge in [0, 0.05) is 25.7 Å². The van der Waals surface area contributed by atoms with E-state index >= 15 is 0 Å². The number of ether oxygens (including phenoxy) is 1. The number of nitrogens with two attached hydrogens (primary N) is 1. The number of hydrogen-bond donors (Lipinski definition) is 2. The van der Waals surface area contributed by atoms with E-state index in [4.69, 9.17) is 10.5 Å². The molecular formula is C18H26N4O2S. The molecule has 2 heterocycles. The lowest BCUT2D eigenvalue weighted by Gasteiger charge is -2.36. The van der Waals surface area contributed by atoms with E-state index in [2.05, 4.69) is 29.0 Å². The van der Waals surface area contributed by atoms with Gasteiger partial charge in [0.15, 0.2) is 5.13 Å². The highest BCUT2D eigenvalue weighted by Crippen LogP contribution is 2.24. The molecule has 1 atom stereocenters. The van der Waals surface area contributed by atoms with Gasteiger partial charge >= 0.3 is 0 Å². The number of carbonyl (C=O) groups excluding carboxylic acids is 1. The van der Waals surface area contributed by atoms with Crippen molar-refractivity contribution in [2.24, 2.45) is 5.92 Å². The van der Waals surface area contributed by atoms with E-state index < -0.39 is 0 Å². The average Bonchev–Trinajstić information content (AvgIpc) is 2.95. The van der Waals surface area contributed by atoms with E-state index in [0.29, 0.717) is 30.1 Å². The predicted octanol–water partition coefficient (Wildman–Crippen LogP) is 1.89. The monoisotopic (exact) mass is 362 g/mol. The molecule has 3 N–H and O–H groups in total. The Morgan fingerprint density at radius 3 is 2.88 bits per heavy atom. The molecule has 136 valence electrons. The van der Waals surface area contributed by atoms with Crippen molar-refractivity contribution in [1.82, 2.24) is 15.2 Å². The highest BCUT2D eigenvalue weighted by atomic mass is 32.1. The third kappa shape index (κ3) is 4.68. The second-order valence-corrected chi connectivity index (χ2v) is 7.86.